The number of aryl methyl sites for hydroxylation is 1. The van der Waals surface area contributed by atoms with Crippen LogP contribution in [0.2, 0.25) is 0 Å². The van der Waals surface area contributed by atoms with Gasteiger partial charge in [-0.15, -0.1) is 0 Å². The molecule has 0 aliphatic carbocycles. The van der Waals surface area contributed by atoms with Crippen molar-refractivity contribution >= 4 is 0 Å². The molecule has 0 saturated heterocycles. The molecule has 3 nitrogen and oxygen atoms in total. The summed E-state index contributed by atoms with van der Waals surface area (Å²) in [6.45, 7) is 3.79. The second-order valence-electron chi connectivity index (χ2n) is 1.92. The Morgan fingerprint density at radius 2 is 2.33 bits per heavy atom. The lowest BCUT2D eigenvalue weighted by Crippen LogP contribution is -1.92. The van der Waals surface area contributed by atoms with Gasteiger partial charge in [0.1, 0.15) is 0 Å². The summed E-state index contributed by atoms with van der Waals surface area (Å²) in [5.41, 5.74) is 1.97. The van der Waals surface area contributed by atoms with Crippen LogP contribution in [0.25, 0.3) is 0 Å². The molecule has 0 aliphatic rings. The van der Waals surface area contributed by atoms with E-state index < -0.39 is 0 Å². The van der Waals surface area contributed by atoms with Crippen molar-refractivity contribution in [2.75, 3.05) is 0 Å². The smallest absolute Gasteiger partial charge is 0.171 e. The summed E-state index contributed by atoms with van der Waals surface area (Å²) in [6.07, 6.45) is 3.60. The van der Waals surface area contributed by atoms with Crippen LogP contribution < -0.4 is 0 Å². The number of hydrogen-bond donors (Lipinski definition) is 0. The Kier molecular flexibility index (Phi) is 1.23. The summed E-state index contributed by atoms with van der Waals surface area (Å²) in [7, 11) is 0. The van der Waals surface area contributed by atoms with Crippen molar-refractivity contribution in [1.82, 2.24) is 9.78 Å². The van der Waals surface area contributed by atoms with Crippen LogP contribution in [0.1, 0.15) is 11.3 Å². The SMILES string of the molecule is Cc1cnn(C#N)c1C. The van der Waals surface area contributed by atoms with Gasteiger partial charge in [0, 0.05) is 0 Å². The van der Waals surface area contributed by atoms with Gasteiger partial charge in [0.15, 0.2) is 0 Å². The molecule has 0 aliphatic heterocycles. The van der Waals surface area contributed by atoms with E-state index in [1.165, 1.54) is 4.68 Å². The van der Waals surface area contributed by atoms with Gasteiger partial charge in [-0.05, 0) is 19.4 Å². The van der Waals surface area contributed by atoms with Crippen LogP contribution in [-0.2, 0) is 0 Å². The van der Waals surface area contributed by atoms with E-state index in [9.17, 15) is 0 Å². The topological polar surface area (TPSA) is 41.6 Å². The third-order valence-corrected chi connectivity index (χ3v) is 1.35. The minimum absolute atomic E-state index is 0.914. The predicted molar refractivity (Wildman–Crippen MR) is 32.7 cm³/mol. The predicted octanol–water partition coefficient (Wildman–Crippen LogP) is 0.829. The fourth-order valence-corrected chi connectivity index (χ4v) is 0.592. The highest BCUT2D eigenvalue weighted by molar-refractivity contribution is 5.15. The summed E-state index contributed by atoms with van der Waals surface area (Å²) in [5, 5.41) is 12.2. The fraction of sp³-hybridized carbons (Fsp3) is 0.333. The zero-order valence-corrected chi connectivity index (χ0v) is 5.42. The molecule has 0 radical (unpaired) electrons. The molecule has 0 aromatic carbocycles. The first-order chi connectivity index (χ1) is 4.25. The average Bonchev–Trinajstić information content (AvgIpc) is 2.15. The van der Waals surface area contributed by atoms with Crippen molar-refractivity contribution in [3.05, 3.63) is 17.5 Å². The first kappa shape index (κ1) is 5.83. The molecule has 0 bridgehead atoms. The van der Waals surface area contributed by atoms with Crippen LogP contribution in [0.4, 0.5) is 0 Å². The Bertz CT molecular complexity index is 254. The van der Waals surface area contributed by atoms with E-state index in [0.29, 0.717) is 0 Å². The highest BCUT2D eigenvalue weighted by atomic mass is 15.3. The quantitative estimate of drug-likeness (QED) is 0.510. The van der Waals surface area contributed by atoms with Gasteiger partial charge >= 0.3 is 0 Å². The average molecular weight is 121 g/mol. The van der Waals surface area contributed by atoms with Crippen LogP contribution in [0.15, 0.2) is 6.20 Å². The molecule has 9 heavy (non-hydrogen) atoms. The molecule has 0 N–H and O–H groups in total. The minimum Gasteiger partial charge on any atom is -0.171 e. The van der Waals surface area contributed by atoms with Crippen LogP contribution in [0.3, 0.4) is 0 Å². The van der Waals surface area contributed by atoms with Crippen LogP contribution >= 0.6 is 0 Å². The summed E-state index contributed by atoms with van der Waals surface area (Å²) in [6, 6.07) is 0. The third-order valence-electron chi connectivity index (χ3n) is 1.35. The monoisotopic (exact) mass is 121 g/mol. The fourth-order valence-electron chi connectivity index (χ4n) is 0.592. The van der Waals surface area contributed by atoms with Crippen molar-refractivity contribution in [3.63, 3.8) is 0 Å². The minimum atomic E-state index is 0.914. The van der Waals surface area contributed by atoms with E-state index in [0.717, 1.165) is 11.3 Å². The lowest BCUT2D eigenvalue weighted by molar-refractivity contribution is 0.862. The standard InChI is InChI=1S/C6H7N3/c1-5-3-8-9(4-7)6(5)2/h3H,1-2H3. The van der Waals surface area contributed by atoms with E-state index in [2.05, 4.69) is 5.10 Å². The Balaban J connectivity index is 3.24. The maximum atomic E-state index is 8.38. The van der Waals surface area contributed by atoms with E-state index >= 15 is 0 Å². The van der Waals surface area contributed by atoms with E-state index in [-0.39, 0.29) is 0 Å². The zero-order valence-electron chi connectivity index (χ0n) is 5.42. The van der Waals surface area contributed by atoms with Gasteiger partial charge in [0.05, 0.1) is 11.9 Å². The number of rotatable bonds is 0. The third kappa shape index (κ3) is 0.789. The Hall–Kier alpha value is -1.30. The first-order valence-electron chi connectivity index (χ1n) is 2.67. The van der Waals surface area contributed by atoms with Crippen LogP contribution in [-0.4, -0.2) is 9.78 Å². The van der Waals surface area contributed by atoms with E-state index in [1.807, 2.05) is 20.0 Å². The van der Waals surface area contributed by atoms with Crippen molar-refractivity contribution in [3.8, 4) is 6.19 Å². The molecule has 1 rings (SSSR count). The maximum absolute atomic E-state index is 8.38. The van der Waals surface area contributed by atoms with Gasteiger partial charge < -0.3 is 0 Å². The van der Waals surface area contributed by atoms with E-state index in [1.54, 1.807) is 6.20 Å². The summed E-state index contributed by atoms with van der Waals surface area (Å²) >= 11 is 0. The molecular weight excluding hydrogens is 114 g/mol. The highest BCUT2D eigenvalue weighted by Crippen LogP contribution is 2.01. The van der Waals surface area contributed by atoms with Gasteiger partial charge in [-0.25, -0.2) is 0 Å². The zero-order chi connectivity index (χ0) is 6.85. The van der Waals surface area contributed by atoms with Crippen LogP contribution in [0, 0.1) is 25.3 Å². The molecule has 1 aromatic rings. The highest BCUT2D eigenvalue weighted by Gasteiger charge is 1.97. The molecule has 0 atom stereocenters. The molecule has 0 unspecified atom stereocenters. The molecule has 0 amide bonds. The Labute approximate surface area is 53.5 Å². The number of nitrogens with zero attached hydrogens (tertiary/aromatic N) is 3. The Morgan fingerprint density at radius 1 is 1.67 bits per heavy atom. The van der Waals surface area contributed by atoms with Crippen LogP contribution in [0.5, 0.6) is 0 Å². The molecule has 46 valence electrons. The van der Waals surface area contributed by atoms with Crippen molar-refractivity contribution in [2.45, 2.75) is 13.8 Å². The van der Waals surface area contributed by atoms with Gasteiger partial charge in [0.2, 0.25) is 6.19 Å². The second kappa shape index (κ2) is 1.90. The van der Waals surface area contributed by atoms with Gasteiger partial charge in [0.25, 0.3) is 0 Å². The maximum Gasteiger partial charge on any atom is 0.206 e. The van der Waals surface area contributed by atoms with Crippen molar-refractivity contribution in [2.24, 2.45) is 0 Å². The number of aromatic nitrogens is 2. The molecular formula is C6H7N3. The van der Waals surface area contributed by atoms with E-state index in [4.69, 9.17) is 5.26 Å². The molecule has 0 fully saturated rings. The lowest BCUT2D eigenvalue weighted by atomic mass is 10.3. The second-order valence-corrected chi connectivity index (χ2v) is 1.92. The van der Waals surface area contributed by atoms with Gasteiger partial charge in [-0.1, -0.05) is 0 Å². The first-order valence-corrected chi connectivity index (χ1v) is 2.67. The van der Waals surface area contributed by atoms with Crippen molar-refractivity contribution < 1.29 is 0 Å². The van der Waals surface area contributed by atoms with Crippen molar-refractivity contribution in [1.29, 1.82) is 5.26 Å². The van der Waals surface area contributed by atoms with Gasteiger partial charge in [-0.2, -0.15) is 15.0 Å². The summed E-state index contributed by atoms with van der Waals surface area (Å²) in [5.74, 6) is 0. The molecule has 3 heteroatoms. The molecule has 0 saturated carbocycles. The molecule has 1 heterocycles. The summed E-state index contributed by atoms with van der Waals surface area (Å²) < 4.78 is 1.30. The number of hydrogen-bond acceptors (Lipinski definition) is 2. The Morgan fingerprint density at radius 3 is 2.56 bits per heavy atom. The molecule has 1 aromatic heterocycles. The number of nitriles is 1. The largest absolute Gasteiger partial charge is 0.206 e. The van der Waals surface area contributed by atoms with Gasteiger partial charge in [-0.3, -0.25) is 0 Å². The summed E-state index contributed by atoms with van der Waals surface area (Å²) in [4.78, 5) is 0. The normalized spacial score (nSPS) is 9.00. The lowest BCUT2D eigenvalue weighted by Gasteiger charge is -1.87. The molecule has 0 spiro atoms.